The van der Waals surface area contributed by atoms with Crippen molar-refractivity contribution >= 4 is 0 Å². The van der Waals surface area contributed by atoms with Crippen molar-refractivity contribution in [2.45, 2.75) is 27.3 Å². The SMILES string of the molecule is Cc1cc(CN)c(O)c(C)c1C. The van der Waals surface area contributed by atoms with Gasteiger partial charge in [-0.15, -0.1) is 0 Å². The van der Waals surface area contributed by atoms with Crippen molar-refractivity contribution in [1.82, 2.24) is 0 Å². The van der Waals surface area contributed by atoms with E-state index in [1.807, 2.05) is 26.8 Å². The number of aromatic hydroxyl groups is 1. The fraction of sp³-hybridized carbons (Fsp3) is 0.400. The van der Waals surface area contributed by atoms with Gasteiger partial charge in [-0.05, 0) is 37.5 Å². The highest BCUT2D eigenvalue weighted by Crippen LogP contribution is 2.26. The van der Waals surface area contributed by atoms with Gasteiger partial charge in [0.1, 0.15) is 5.75 Å². The first-order chi connectivity index (χ1) is 5.57. The van der Waals surface area contributed by atoms with Crippen molar-refractivity contribution in [1.29, 1.82) is 0 Å². The predicted molar refractivity (Wildman–Crippen MR) is 50.2 cm³/mol. The quantitative estimate of drug-likeness (QED) is 0.666. The predicted octanol–water partition coefficient (Wildman–Crippen LogP) is 1.78. The zero-order valence-electron chi connectivity index (χ0n) is 7.81. The van der Waals surface area contributed by atoms with E-state index in [0.29, 0.717) is 12.3 Å². The van der Waals surface area contributed by atoms with Crippen LogP contribution in [0.3, 0.4) is 0 Å². The van der Waals surface area contributed by atoms with Crippen LogP contribution in [0.15, 0.2) is 6.07 Å². The van der Waals surface area contributed by atoms with E-state index in [0.717, 1.165) is 16.7 Å². The number of hydrogen-bond acceptors (Lipinski definition) is 2. The Labute approximate surface area is 73.0 Å². The minimum atomic E-state index is 0.348. The van der Waals surface area contributed by atoms with Crippen molar-refractivity contribution < 1.29 is 5.11 Å². The molecule has 0 unspecified atom stereocenters. The largest absolute Gasteiger partial charge is 0.507 e. The molecule has 2 nitrogen and oxygen atoms in total. The summed E-state index contributed by atoms with van der Waals surface area (Å²) in [5, 5.41) is 9.62. The van der Waals surface area contributed by atoms with Crippen LogP contribution in [0.2, 0.25) is 0 Å². The van der Waals surface area contributed by atoms with Crippen LogP contribution in [0.4, 0.5) is 0 Å². The average Bonchev–Trinajstić information content (AvgIpc) is 2.08. The van der Waals surface area contributed by atoms with Crippen molar-refractivity contribution in [3.05, 3.63) is 28.3 Å². The van der Waals surface area contributed by atoms with Gasteiger partial charge in [0.2, 0.25) is 0 Å². The monoisotopic (exact) mass is 165 g/mol. The fourth-order valence-corrected chi connectivity index (χ4v) is 1.31. The van der Waals surface area contributed by atoms with Crippen LogP contribution in [0.25, 0.3) is 0 Å². The summed E-state index contributed by atoms with van der Waals surface area (Å²) in [5.74, 6) is 0.348. The van der Waals surface area contributed by atoms with Gasteiger partial charge in [-0.25, -0.2) is 0 Å². The molecule has 66 valence electrons. The Morgan fingerprint density at radius 2 is 1.83 bits per heavy atom. The molecule has 0 radical (unpaired) electrons. The second-order valence-corrected chi connectivity index (χ2v) is 3.16. The summed E-state index contributed by atoms with van der Waals surface area (Å²) in [6.07, 6.45) is 0. The van der Waals surface area contributed by atoms with Gasteiger partial charge in [0.05, 0.1) is 0 Å². The van der Waals surface area contributed by atoms with Crippen molar-refractivity contribution in [3.8, 4) is 5.75 Å². The molecule has 0 spiro atoms. The lowest BCUT2D eigenvalue weighted by atomic mass is 9.99. The van der Waals surface area contributed by atoms with Crippen LogP contribution in [0, 0.1) is 20.8 Å². The maximum atomic E-state index is 9.62. The molecule has 0 aliphatic rings. The Morgan fingerprint density at radius 3 is 2.33 bits per heavy atom. The summed E-state index contributed by atoms with van der Waals surface area (Å²) >= 11 is 0. The summed E-state index contributed by atoms with van der Waals surface area (Å²) < 4.78 is 0. The van der Waals surface area contributed by atoms with E-state index in [-0.39, 0.29) is 0 Å². The van der Waals surface area contributed by atoms with Crippen LogP contribution in [-0.2, 0) is 6.54 Å². The Bertz CT molecular complexity index is 305. The summed E-state index contributed by atoms with van der Waals surface area (Å²) in [6, 6.07) is 1.94. The summed E-state index contributed by atoms with van der Waals surface area (Å²) in [7, 11) is 0. The van der Waals surface area contributed by atoms with Crippen molar-refractivity contribution in [3.63, 3.8) is 0 Å². The third-order valence-electron chi connectivity index (χ3n) is 2.42. The lowest BCUT2D eigenvalue weighted by Gasteiger charge is -2.10. The zero-order chi connectivity index (χ0) is 9.30. The molecule has 0 aromatic heterocycles. The molecule has 3 N–H and O–H groups in total. The Kier molecular flexibility index (Phi) is 2.38. The van der Waals surface area contributed by atoms with E-state index >= 15 is 0 Å². The fourth-order valence-electron chi connectivity index (χ4n) is 1.31. The zero-order valence-corrected chi connectivity index (χ0v) is 7.81. The van der Waals surface area contributed by atoms with E-state index in [4.69, 9.17) is 5.73 Å². The van der Waals surface area contributed by atoms with E-state index < -0.39 is 0 Å². The van der Waals surface area contributed by atoms with Crippen LogP contribution in [0.5, 0.6) is 5.75 Å². The first-order valence-electron chi connectivity index (χ1n) is 4.06. The van der Waals surface area contributed by atoms with E-state index in [9.17, 15) is 5.11 Å². The number of phenols is 1. The number of benzene rings is 1. The number of aryl methyl sites for hydroxylation is 1. The van der Waals surface area contributed by atoms with Crippen LogP contribution < -0.4 is 5.73 Å². The molecule has 0 saturated heterocycles. The van der Waals surface area contributed by atoms with E-state index in [2.05, 4.69) is 0 Å². The summed E-state index contributed by atoms with van der Waals surface area (Å²) in [5.41, 5.74) is 9.58. The Balaban J connectivity index is 3.39. The van der Waals surface area contributed by atoms with Crippen LogP contribution in [-0.4, -0.2) is 5.11 Å². The van der Waals surface area contributed by atoms with Crippen molar-refractivity contribution in [2.75, 3.05) is 0 Å². The maximum absolute atomic E-state index is 9.62. The van der Waals surface area contributed by atoms with Gasteiger partial charge in [0.25, 0.3) is 0 Å². The third-order valence-corrected chi connectivity index (χ3v) is 2.42. The van der Waals surface area contributed by atoms with Gasteiger partial charge in [-0.3, -0.25) is 0 Å². The maximum Gasteiger partial charge on any atom is 0.123 e. The lowest BCUT2D eigenvalue weighted by molar-refractivity contribution is 0.463. The molecule has 12 heavy (non-hydrogen) atoms. The van der Waals surface area contributed by atoms with Gasteiger partial charge < -0.3 is 10.8 Å². The van der Waals surface area contributed by atoms with Gasteiger partial charge in [0.15, 0.2) is 0 Å². The van der Waals surface area contributed by atoms with Gasteiger partial charge in [-0.2, -0.15) is 0 Å². The number of hydrogen-bond donors (Lipinski definition) is 2. The summed E-state index contributed by atoms with van der Waals surface area (Å²) in [6.45, 7) is 6.34. The number of nitrogens with two attached hydrogens (primary N) is 1. The highest BCUT2D eigenvalue weighted by atomic mass is 16.3. The molecule has 0 aliphatic heterocycles. The molecular formula is C10H15NO. The second-order valence-electron chi connectivity index (χ2n) is 3.16. The molecule has 0 bridgehead atoms. The normalized spacial score (nSPS) is 10.3. The van der Waals surface area contributed by atoms with Gasteiger partial charge >= 0.3 is 0 Å². The molecule has 0 amide bonds. The minimum Gasteiger partial charge on any atom is -0.507 e. The van der Waals surface area contributed by atoms with Gasteiger partial charge in [-0.1, -0.05) is 6.07 Å². The minimum absolute atomic E-state index is 0.348. The third kappa shape index (κ3) is 1.30. The highest BCUT2D eigenvalue weighted by Gasteiger charge is 2.07. The highest BCUT2D eigenvalue weighted by molar-refractivity contribution is 5.48. The first-order valence-corrected chi connectivity index (χ1v) is 4.06. The number of rotatable bonds is 1. The number of phenolic OH excluding ortho intramolecular Hbond substituents is 1. The van der Waals surface area contributed by atoms with Crippen molar-refractivity contribution in [2.24, 2.45) is 5.73 Å². The topological polar surface area (TPSA) is 46.2 Å². The van der Waals surface area contributed by atoms with Gasteiger partial charge in [0, 0.05) is 12.1 Å². The molecule has 0 fully saturated rings. The first kappa shape index (κ1) is 9.07. The Morgan fingerprint density at radius 1 is 1.25 bits per heavy atom. The molecule has 1 aromatic carbocycles. The molecule has 0 saturated carbocycles. The average molecular weight is 165 g/mol. The second kappa shape index (κ2) is 3.15. The molecular weight excluding hydrogens is 150 g/mol. The molecule has 1 aromatic rings. The molecule has 0 heterocycles. The smallest absolute Gasteiger partial charge is 0.123 e. The Hall–Kier alpha value is -1.02. The molecule has 0 atom stereocenters. The van der Waals surface area contributed by atoms with Crippen LogP contribution in [0.1, 0.15) is 22.3 Å². The van der Waals surface area contributed by atoms with E-state index in [1.165, 1.54) is 5.56 Å². The standard InChI is InChI=1S/C10H15NO/c1-6-4-9(5-11)10(12)8(3)7(6)2/h4,12H,5,11H2,1-3H3. The lowest BCUT2D eigenvalue weighted by Crippen LogP contribution is -2.00. The molecule has 2 heteroatoms. The molecule has 0 aliphatic carbocycles. The van der Waals surface area contributed by atoms with E-state index in [1.54, 1.807) is 0 Å². The van der Waals surface area contributed by atoms with Crippen LogP contribution >= 0.6 is 0 Å². The summed E-state index contributed by atoms with van der Waals surface area (Å²) in [4.78, 5) is 0. The molecule has 1 rings (SSSR count).